The van der Waals surface area contributed by atoms with Crippen molar-refractivity contribution in [3.63, 3.8) is 0 Å². The highest BCUT2D eigenvalue weighted by molar-refractivity contribution is 8.01. The molecule has 8 heteroatoms. The van der Waals surface area contributed by atoms with Crippen LogP contribution in [0.15, 0.2) is 40.7 Å². The van der Waals surface area contributed by atoms with E-state index in [0.29, 0.717) is 5.82 Å². The molecule has 118 valence electrons. The maximum atomic E-state index is 12.2. The number of aromatic nitrogens is 4. The van der Waals surface area contributed by atoms with Crippen molar-refractivity contribution in [1.29, 1.82) is 0 Å². The van der Waals surface area contributed by atoms with E-state index in [1.165, 1.54) is 23.1 Å². The molecule has 0 aliphatic carbocycles. The van der Waals surface area contributed by atoms with Gasteiger partial charge >= 0.3 is 0 Å². The molecule has 2 heterocycles. The first-order chi connectivity index (χ1) is 11.1. The summed E-state index contributed by atoms with van der Waals surface area (Å²) in [6.45, 7) is 3.79. The third kappa shape index (κ3) is 3.96. The van der Waals surface area contributed by atoms with E-state index in [0.717, 1.165) is 20.7 Å². The first-order valence-corrected chi connectivity index (χ1v) is 8.77. The third-order valence-electron chi connectivity index (χ3n) is 2.93. The van der Waals surface area contributed by atoms with E-state index in [2.05, 4.69) is 20.6 Å². The number of thioether (sulfide) groups is 1. The number of hydrogen-bond donors (Lipinski definition) is 1. The number of amides is 1. The summed E-state index contributed by atoms with van der Waals surface area (Å²) in [6.07, 6.45) is 0. The van der Waals surface area contributed by atoms with Gasteiger partial charge in [0.1, 0.15) is 10.8 Å². The largest absolute Gasteiger partial charge is 0.310 e. The minimum Gasteiger partial charge on any atom is -0.310 e. The van der Waals surface area contributed by atoms with Gasteiger partial charge in [0.15, 0.2) is 4.34 Å². The van der Waals surface area contributed by atoms with Gasteiger partial charge in [0, 0.05) is 6.07 Å². The Morgan fingerprint density at radius 3 is 2.74 bits per heavy atom. The average molecular weight is 345 g/mol. The second kappa shape index (κ2) is 6.93. The molecule has 1 amide bonds. The Bertz CT molecular complexity index is 812. The summed E-state index contributed by atoms with van der Waals surface area (Å²) in [5.74, 6) is 0.848. The summed E-state index contributed by atoms with van der Waals surface area (Å²) in [5.41, 5.74) is 1.75. The van der Waals surface area contributed by atoms with Gasteiger partial charge in [0.2, 0.25) is 5.91 Å². The lowest BCUT2D eigenvalue weighted by Crippen LogP contribution is -2.16. The number of nitrogens with zero attached hydrogens (tertiary/aromatic N) is 4. The summed E-state index contributed by atoms with van der Waals surface area (Å²) in [6, 6.07) is 11.6. The summed E-state index contributed by atoms with van der Waals surface area (Å²) in [5, 5.41) is 16.2. The van der Waals surface area contributed by atoms with Crippen LogP contribution in [0.25, 0.3) is 5.69 Å². The summed E-state index contributed by atoms with van der Waals surface area (Å²) < 4.78 is 2.53. The summed E-state index contributed by atoms with van der Waals surface area (Å²) in [4.78, 5) is 12.2. The summed E-state index contributed by atoms with van der Waals surface area (Å²) in [7, 11) is 0. The van der Waals surface area contributed by atoms with Crippen molar-refractivity contribution in [2.24, 2.45) is 0 Å². The maximum absolute atomic E-state index is 12.2. The molecule has 3 rings (SSSR count). The molecule has 0 saturated carbocycles. The zero-order valence-corrected chi connectivity index (χ0v) is 14.3. The molecule has 0 atom stereocenters. The van der Waals surface area contributed by atoms with Crippen molar-refractivity contribution in [3.8, 4) is 5.69 Å². The highest BCUT2D eigenvalue weighted by atomic mass is 32.2. The molecule has 0 saturated heterocycles. The Kier molecular flexibility index (Phi) is 4.73. The van der Waals surface area contributed by atoms with E-state index in [1.807, 2.05) is 50.2 Å². The molecule has 1 N–H and O–H groups in total. The first-order valence-electron chi connectivity index (χ1n) is 6.96. The highest BCUT2D eigenvalue weighted by Crippen LogP contribution is 2.22. The van der Waals surface area contributed by atoms with Gasteiger partial charge in [-0.3, -0.25) is 4.79 Å². The normalized spacial score (nSPS) is 10.7. The number of para-hydroxylation sites is 1. The molecule has 0 aliphatic heterocycles. The van der Waals surface area contributed by atoms with E-state index in [9.17, 15) is 4.79 Å². The topological polar surface area (TPSA) is 72.7 Å². The van der Waals surface area contributed by atoms with Crippen molar-refractivity contribution >= 4 is 34.8 Å². The molecule has 0 spiro atoms. The van der Waals surface area contributed by atoms with Crippen LogP contribution in [0.1, 0.15) is 10.7 Å². The molecule has 0 radical (unpaired) electrons. The second-order valence-corrected chi connectivity index (χ2v) is 7.25. The quantitative estimate of drug-likeness (QED) is 0.720. The lowest BCUT2D eigenvalue weighted by molar-refractivity contribution is -0.113. The number of nitrogens with one attached hydrogen (secondary N) is 1. The molecule has 0 bridgehead atoms. The van der Waals surface area contributed by atoms with E-state index in [4.69, 9.17) is 0 Å². The van der Waals surface area contributed by atoms with Crippen LogP contribution < -0.4 is 5.32 Å². The molecular formula is C15H15N5OS2. The SMILES string of the molecule is Cc1cc(NC(=O)CSc2nnc(C)s2)n(-c2ccccc2)n1. The Hall–Kier alpha value is -2.19. The number of rotatable bonds is 5. The molecule has 2 aromatic heterocycles. The van der Waals surface area contributed by atoms with Gasteiger partial charge in [0.25, 0.3) is 0 Å². The van der Waals surface area contributed by atoms with Crippen molar-refractivity contribution < 1.29 is 4.79 Å². The monoisotopic (exact) mass is 345 g/mol. The fourth-order valence-corrected chi connectivity index (χ4v) is 3.61. The van der Waals surface area contributed by atoms with Crippen LogP contribution >= 0.6 is 23.1 Å². The highest BCUT2D eigenvalue weighted by Gasteiger charge is 2.12. The molecule has 0 unspecified atom stereocenters. The Morgan fingerprint density at radius 1 is 1.26 bits per heavy atom. The first kappa shape index (κ1) is 15.7. The van der Waals surface area contributed by atoms with Crippen LogP contribution in [-0.2, 0) is 4.79 Å². The Labute approximate surface area is 141 Å². The van der Waals surface area contributed by atoms with Crippen molar-refractivity contribution in [3.05, 3.63) is 47.1 Å². The zero-order valence-electron chi connectivity index (χ0n) is 12.7. The van der Waals surface area contributed by atoms with Crippen LogP contribution in [0.3, 0.4) is 0 Å². The predicted octanol–water partition coefficient (Wildman–Crippen LogP) is 3.07. The third-order valence-corrected chi connectivity index (χ3v) is 4.91. The van der Waals surface area contributed by atoms with Crippen LogP contribution in [0.4, 0.5) is 5.82 Å². The van der Waals surface area contributed by atoms with Gasteiger partial charge in [-0.05, 0) is 26.0 Å². The minimum absolute atomic E-state index is 0.0973. The standard InChI is InChI=1S/C15H15N5OS2/c1-10-8-13(20(19-10)12-6-4-3-5-7-12)16-14(21)9-22-15-18-17-11(2)23-15/h3-8H,9H2,1-2H3,(H,16,21). The molecule has 0 fully saturated rings. The lowest BCUT2D eigenvalue weighted by atomic mass is 10.3. The number of anilines is 1. The van der Waals surface area contributed by atoms with Gasteiger partial charge in [-0.2, -0.15) is 5.10 Å². The van der Waals surface area contributed by atoms with E-state index in [-0.39, 0.29) is 11.7 Å². The number of hydrogen-bond acceptors (Lipinski definition) is 6. The smallest absolute Gasteiger partial charge is 0.235 e. The molecule has 1 aromatic carbocycles. The van der Waals surface area contributed by atoms with Gasteiger partial charge in [-0.25, -0.2) is 4.68 Å². The van der Waals surface area contributed by atoms with Gasteiger partial charge in [0.05, 0.1) is 17.1 Å². The molecule has 0 aliphatic rings. The van der Waals surface area contributed by atoms with Crippen LogP contribution in [0, 0.1) is 13.8 Å². The van der Waals surface area contributed by atoms with E-state index in [1.54, 1.807) is 4.68 Å². The number of aryl methyl sites for hydroxylation is 2. The predicted molar refractivity (Wildman–Crippen MR) is 92.3 cm³/mol. The van der Waals surface area contributed by atoms with Gasteiger partial charge in [-0.1, -0.05) is 41.3 Å². The van der Waals surface area contributed by atoms with Crippen LogP contribution in [0.5, 0.6) is 0 Å². The van der Waals surface area contributed by atoms with Crippen LogP contribution in [0.2, 0.25) is 0 Å². The van der Waals surface area contributed by atoms with Crippen molar-refractivity contribution in [2.45, 2.75) is 18.2 Å². The Balaban J connectivity index is 1.69. The van der Waals surface area contributed by atoms with Crippen molar-refractivity contribution in [2.75, 3.05) is 11.1 Å². The molecule has 6 nitrogen and oxygen atoms in total. The lowest BCUT2D eigenvalue weighted by Gasteiger charge is -2.08. The van der Waals surface area contributed by atoms with Gasteiger partial charge < -0.3 is 5.32 Å². The Morgan fingerprint density at radius 2 is 2.04 bits per heavy atom. The summed E-state index contributed by atoms with van der Waals surface area (Å²) >= 11 is 2.86. The number of carbonyl (C=O) groups excluding carboxylic acids is 1. The maximum Gasteiger partial charge on any atom is 0.235 e. The molecule has 3 aromatic rings. The number of carbonyl (C=O) groups is 1. The molecule has 23 heavy (non-hydrogen) atoms. The average Bonchev–Trinajstić information content (AvgIpc) is 3.12. The van der Waals surface area contributed by atoms with E-state index >= 15 is 0 Å². The minimum atomic E-state index is -0.0973. The molecular weight excluding hydrogens is 330 g/mol. The fraction of sp³-hybridized carbons (Fsp3) is 0.200. The fourth-order valence-electron chi connectivity index (χ4n) is 2.00. The van der Waals surface area contributed by atoms with E-state index < -0.39 is 0 Å². The van der Waals surface area contributed by atoms with Crippen LogP contribution in [-0.4, -0.2) is 31.6 Å². The van der Waals surface area contributed by atoms with Crippen molar-refractivity contribution in [1.82, 2.24) is 20.0 Å². The second-order valence-electron chi connectivity index (χ2n) is 4.84. The zero-order chi connectivity index (χ0) is 16.2. The number of benzene rings is 1. The van der Waals surface area contributed by atoms with Gasteiger partial charge in [-0.15, -0.1) is 10.2 Å².